The van der Waals surface area contributed by atoms with Gasteiger partial charge in [-0.15, -0.1) is 6.42 Å². The van der Waals surface area contributed by atoms with E-state index in [9.17, 15) is 0 Å². The summed E-state index contributed by atoms with van der Waals surface area (Å²) in [6.45, 7) is 2.96. The number of para-hydroxylation sites is 1. The minimum Gasteiger partial charge on any atom is -1.00 e. The Bertz CT molecular complexity index is 960. The average Bonchev–Trinajstić information content (AvgIpc) is 3.05. The maximum atomic E-state index is 5.58. The molecular formula is C23H23BrN2S. The zero-order chi connectivity index (χ0) is 17.8. The normalized spacial score (nSPS) is 14.3. The number of thiazole rings is 1. The number of nitrogens with zero attached hydrogens (tertiary/aromatic N) is 2. The molecule has 4 heteroatoms. The van der Waals surface area contributed by atoms with E-state index in [-0.39, 0.29) is 17.0 Å². The molecule has 0 amide bonds. The molecular weight excluding hydrogens is 416 g/mol. The number of aromatic nitrogens is 1. The van der Waals surface area contributed by atoms with Crippen LogP contribution in [0.25, 0.3) is 22.4 Å². The van der Waals surface area contributed by atoms with Crippen LogP contribution < -0.4 is 26.4 Å². The van der Waals surface area contributed by atoms with Crippen LogP contribution in [0.2, 0.25) is 0 Å². The molecule has 0 atom stereocenters. The van der Waals surface area contributed by atoms with E-state index in [1.807, 2.05) is 0 Å². The van der Waals surface area contributed by atoms with E-state index in [1.165, 1.54) is 58.8 Å². The maximum absolute atomic E-state index is 5.58. The Morgan fingerprint density at radius 2 is 1.74 bits per heavy atom. The first-order chi connectivity index (χ1) is 12.8. The lowest BCUT2D eigenvalue weighted by molar-refractivity contribution is -0.655. The third-order valence-corrected chi connectivity index (χ3v) is 6.05. The monoisotopic (exact) mass is 438 g/mol. The fourth-order valence-corrected chi connectivity index (χ4v) is 4.61. The van der Waals surface area contributed by atoms with Crippen molar-refractivity contribution >= 4 is 39.4 Å². The zero-order valence-electron chi connectivity index (χ0n) is 15.3. The first-order valence-corrected chi connectivity index (χ1v) is 10.0. The molecule has 0 aliphatic carbocycles. The Morgan fingerprint density at radius 1 is 1.00 bits per heavy atom. The van der Waals surface area contributed by atoms with Gasteiger partial charge in [0.05, 0.1) is 0 Å². The molecule has 1 aliphatic heterocycles. The minimum atomic E-state index is 0. The van der Waals surface area contributed by atoms with Crippen LogP contribution in [0.5, 0.6) is 0 Å². The molecule has 0 saturated carbocycles. The molecule has 27 heavy (non-hydrogen) atoms. The topological polar surface area (TPSA) is 7.12 Å². The van der Waals surface area contributed by atoms with Crippen molar-refractivity contribution in [1.29, 1.82) is 0 Å². The Balaban J connectivity index is 0.00000210. The summed E-state index contributed by atoms with van der Waals surface area (Å²) in [7, 11) is 0. The Kier molecular flexibility index (Phi) is 6.71. The van der Waals surface area contributed by atoms with Crippen LogP contribution in [0, 0.1) is 12.3 Å². The number of benzene rings is 2. The van der Waals surface area contributed by atoms with Crippen LogP contribution in [0.3, 0.4) is 0 Å². The van der Waals surface area contributed by atoms with Crippen molar-refractivity contribution in [3.63, 3.8) is 0 Å². The molecule has 2 nitrogen and oxygen atoms in total. The number of hydrogen-bond donors (Lipinski definition) is 0. The van der Waals surface area contributed by atoms with Crippen LogP contribution >= 0.6 is 11.3 Å². The molecule has 1 aromatic heterocycles. The van der Waals surface area contributed by atoms with Crippen LogP contribution in [0.15, 0.2) is 48.5 Å². The Labute approximate surface area is 175 Å². The smallest absolute Gasteiger partial charge is 0.263 e. The first kappa shape index (κ1) is 19.7. The van der Waals surface area contributed by atoms with Crippen molar-refractivity contribution in [3.8, 4) is 12.3 Å². The minimum absolute atomic E-state index is 0. The second-order valence-electron chi connectivity index (χ2n) is 6.67. The van der Waals surface area contributed by atoms with Gasteiger partial charge in [-0.05, 0) is 55.0 Å². The molecule has 0 spiro atoms. The molecule has 2 heterocycles. The zero-order valence-corrected chi connectivity index (χ0v) is 17.7. The second-order valence-corrected chi connectivity index (χ2v) is 7.73. The van der Waals surface area contributed by atoms with Gasteiger partial charge in [0.25, 0.3) is 5.01 Å². The van der Waals surface area contributed by atoms with Gasteiger partial charge in [0, 0.05) is 30.9 Å². The summed E-state index contributed by atoms with van der Waals surface area (Å²) >= 11 is 1.78. The summed E-state index contributed by atoms with van der Waals surface area (Å²) in [5, 5.41) is 1.18. The third-order valence-electron chi connectivity index (χ3n) is 4.92. The van der Waals surface area contributed by atoms with E-state index in [1.54, 1.807) is 11.3 Å². The van der Waals surface area contributed by atoms with Crippen molar-refractivity contribution in [2.24, 2.45) is 0 Å². The number of terminal acetylenes is 1. The summed E-state index contributed by atoms with van der Waals surface area (Å²) in [4.78, 5) is 2.49. The first-order valence-electron chi connectivity index (χ1n) is 9.23. The second kappa shape index (κ2) is 9.21. The average molecular weight is 439 g/mol. The van der Waals surface area contributed by atoms with Gasteiger partial charge in [0.15, 0.2) is 0 Å². The summed E-state index contributed by atoms with van der Waals surface area (Å²) in [6.07, 6.45) is 13.9. The predicted molar refractivity (Wildman–Crippen MR) is 112 cm³/mol. The van der Waals surface area contributed by atoms with Gasteiger partial charge in [-0.1, -0.05) is 35.6 Å². The number of piperidine rings is 1. The maximum Gasteiger partial charge on any atom is 0.263 e. The molecule has 138 valence electrons. The number of halogens is 1. The Hall–Kier alpha value is -2.09. The molecule has 4 rings (SSSR count). The lowest BCUT2D eigenvalue weighted by Gasteiger charge is -2.28. The van der Waals surface area contributed by atoms with E-state index in [0.717, 1.165) is 0 Å². The van der Waals surface area contributed by atoms with Crippen molar-refractivity contribution in [2.45, 2.75) is 25.8 Å². The molecule has 3 aromatic rings. The highest BCUT2D eigenvalue weighted by atomic mass is 79.9. The van der Waals surface area contributed by atoms with Crippen LogP contribution in [0.1, 0.15) is 29.8 Å². The highest BCUT2D eigenvalue weighted by Crippen LogP contribution is 2.23. The predicted octanol–water partition coefficient (Wildman–Crippen LogP) is 1.99. The molecule has 1 fully saturated rings. The number of hydrogen-bond acceptors (Lipinski definition) is 2. The van der Waals surface area contributed by atoms with Gasteiger partial charge >= 0.3 is 0 Å². The molecule has 0 N–H and O–H groups in total. The van der Waals surface area contributed by atoms with Gasteiger partial charge < -0.3 is 21.9 Å². The standard InChI is InChI=1S/C23H23N2S.BrH/c1-2-16-25-21-8-4-5-9-22(21)26-23(25)15-12-19-10-13-20(14-11-19)24-17-6-3-7-18-24;/h1,4-5,8-15H,3,6-7,16-18H2;1H/q+1;/p-1. The van der Waals surface area contributed by atoms with Gasteiger partial charge in [0.2, 0.25) is 12.1 Å². The quantitative estimate of drug-likeness (QED) is 0.446. The molecule has 2 aromatic carbocycles. The highest BCUT2D eigenvalue weighted by molar-refractivity contribution is 7.18. The molecule has 1 saturated heterocycles. The number of anilines is 1. The molecule has 0 bridgehead atoms. The summed E-state index contributed by atoms with van der Waals surface area (Å²) in [6, 6.07) is 17.3. The van der Waals surface area contributed by atoms with Crippen molar-refractivity contribution in [3.05, 3.63) is 59.1 Å². The van der Waals surface area contributed by atoms with Crippen LogP contribution in [-0.2, 0) is 6.54 Å². The molecule has 0 radical (unpaired) electrons. The highest BCUT2D eigenvalue weighted by Gasteiger charge is 2.16. The van der Waals surface area contributed by atoms with Crippen LogP contribution in [-0.4, -0.2) is 13.1 Å². The number of fused-ring (bicyclic) bond motifs is 1. The molecule has 1 aliphatic rings. The van der Waals surface area contributed by atoms with E-state index < -0.39 is 0 Å². The van der Waals surface area contributed by atoms with Crippen molar-refractivity contribution < 1.29 is 21.5 Å². The van der Waals surface area contributed by atoms with Gasteiger partial charge in [-0.3, -0.25) is 0 Å². The van der Waals surface area contributed by atoms with Gasteiger partial charge in [0.1, 0.15) is 4.70 Å². The third kappa shape index (κ3) is 4.43. The lowest BCUT2D eigenvalue weighted by Crippen LogP contribution is -3.00. The van der Waals surface area contributed by atoms with E-state index in [0.29, 0.717) is 6.54 Å². The summed E-state index contributed by atoms with van der Waals surface area (Å²) in [5.41, 5.74) is 3.76. The SMILES string of the molecule is C#CC[n+]1c(/C=C/c2ccc(N3CCCCC3)cc2)sc2ccccc21.[Br-]. The fourth-order valence-electron chi connectivity index (χ4n) is 3.55. The van der Waals surface area contributed by atoms with Crippen molar-refractivity contribution in [1.82, 2.24) is 0 Å². The lowest BCUT2D eigenvalue weighted by atomic mass is 10.1. The van der Waals surface area contributed by atoms with E-state index in [2.05, 4.69) is 76.1 Å². The van der Waals surface area contributed by atoms with Gasteiger partial charge in [-0.2, -0.15) is 4.57 Å². The van der Waals surface area contributed by atoms with E-state index in [4.69, 9.17) is 6.42 Å². The molecule has 0 unspecified atom stereocenters. The van der Waals surface area contributed by atoms with Gasteiger partial charge in [-0.25, -0.2) is 0 Å². The van der Waals surface area contributed by atoms with Crippen molar-refractivity contribution in [2.75, 3.05) is 18.0 Å². The Morgan fingerprint density at radius 3 is 2.48 bits per heavy atom. The van der Waals surface area contributed by atoms with Crippen LogP contribution in [0.4, 0.5) is 5.69 Å². The summed E-state index contributed by atoms with van der Waals surface area (Å²) in [5.74, 6) is 2.77. The van der Waals surface area contributed by atoms with E-state index >= 15 is 0 Å². The number of rotatable bonds is 4. The fraction of sp³-hybridized carbons (Fsp3) is 0.261. The largest absolute Gasteiger partial charge is 1.00 e. The summed E-state index contributed by atoms with van der Waals surface area (Å²) < 4.78 is 3.47.